The highest BCUT2D eigenvalue weighted by atomic mass is 32.2. The number of hydrogen-bond donors (Lipinski definition) is 4. The third kappa shape index (κ3) is 9.25. The second kappa shape index (κ2) is 16.6. The topological polar surface area (TPSA) is 170 Å². The largest absolute Gasteiger partial charge is 0.497 e. The lowest BCUT2D eigenvalue weighted by molar-refractivity contribution is -0.146. The van der Waals surface area contributed by atoms with Gasteiger partial charge in [-0.2, -0.15) is 15.6 Å². The predicted octanol–water partition coefficient (Wildman–Crippen LogP) is 4.32. The molecule has 0 aliphatic carbocycles. The molecule has 14 heteroatoms. The number of nitrogens with one attached hydrogen (secondary N) is 2. The molecule has 2 unspecified atom stereocenters. The van der Waals surface area contributed by atoms with Crippen LogP contribution in [0.5, 0.6) is 5.75 Å². The number of thiophene rings is 1. The number of para-hydroxylation sites is 2. The minimum absolute atomic E-state index is 0.0396. The van der Waals surface area contributed by atoms with Crippen molar-refractivity contribution < 1.29 is 37.3 Å². The van der Waals surface area contributed by atoms with E-state index in [1.807, 2.05) is 16.8 Å². The van der Waals surface area contributed by atoms with Crippen molar-refractivity contribution in [3.8, 4) is 5.75 Å². The SMILES string of the molecule is COc1ccc(S(=O)(=O)N(CCO)CCOC2CC(c3ccsc3)C=C(C(=O)NCc3ccc(C(=O)Nc4ccccc4N)cc3)O2)cc1. The summed E-state index contributed by atoms with van der Waals surface area (Å²) < 4.78 is 44.8. The zero-order valence-electron chi connectivity index (χ0n) is 26.8. The number of nitrogens with two attached hydrogens (primary N) is 1. The van der Waals surface area contributed by atoms with Crippen LogP contribution in [0.2, 0.25) is 0 Å². The van der Waals surface area contributed by atoms with Crippen molar-refractivity contribution in [3.63, 3.8) is 0 Å². The van der Waals surface area contributed by atoms with Crippen LogP contribution in [-0.2, 0) is 30.8 Å². The molecule has 2 amide bonds. The highest BCUT2D eigenvalue weighted by Gasteiger charge is 2.30. The number of carbonyl (C=O) groups is 2. The van der Waals surface area contributed by atoms with Gasteiger partial charge < -0.3 is 35.7 Å². The van der Waals surface area contributed by atoms with E-state index in [1.165, 1.54) is 30.6 Å². The number of hydrogen-bond acceptors (Lipinski definition) is 10. The van der Waals surface area contributed by atoms with Crippen LogP contribution in [0.4, 0.5) is 11.4 Å². The Morgan fingerprint density at radius 2 is 1.78 bits per heavy atom. The lowest BCUT2D eigenvalue weighted by Crippen LogP contribution is -2.38. The first-order chi connectivity index (χ1) is 23.7. The van der Waals surface area contributed by atoms with Crippen molar-refractivity contribution in [2.75, 3.05) is 44.5 Å². The molecule has 0 radical (unpaired) electrons. The van der Waals surface area contributed by atoms with E-state index >= 15 is 0 Å². The van der Waals surface area contributed by atoms with Crippen LogP contribution in [-0.4, -0.2) is 69.3 Å². The van der Waals surface area contributed by atoms with Gasteiger partial charge in [0.25, 0.3) is 11.8 Å². The number of sulfonamides is 1. The number of nitrogens with zero attached hydrogens (tertiary/aromatic N) is 1. The molecular weight excluding hydrogens is 669 g/mol. The minimum Gasteiger partial charge on any atom is -0.497 e. The van der Waals surface area contributed by atoms with E-state index in [1.54, 1.807) is 66.7 Å². The van der Waals surface area contributed by atoms with Gasteiger partial charge in [0.1, 0.15) is 5.75 Å². The summed E-state index contributed by atoms with van der Waals surface area (Å²) in [5.74, 6) is -0.316. The van der Waals surface area contributed by atoms with E-state index in [4.69, 9.17) is 19.9 Å². The zero-order chi connectivity index (χ0) is 34.8. The molecule has 0 saturated heterocycles. The average molecular weight is 707 g/mol. The second-order valence-corrected chi connectivity index (χ2v) is 13.8. The number of methoxy groups -OCH3 is 1. The van der Waals surface area contributed by atoms with E-state index < -0.39 is 22.2 Å². The first-order valence-electron chi connectivity index (χ1n) is 15.5. The van der Waals surface area contributed by atoms with Gasteiger partial charge in [-0.25, -0.2) is 8.42 Å². The molecule has 2 heterocycles. The number of rotatable bonds is 15. The summed E-state index contributed by atoms with van der Waals surface area (Å²) in [6.45, 7) is -0.401. The molecule has 0 saturated carbocycles. The summed E-state index contributed by atoms with van der Waals surface area (Å²) in [4.78, 5) is 26.0. The number of aliphatic hydroxyl groups excluding tert-OH is 1. The van der Waals surface area contributed by atoms with E-state index in [-0.39, 0.29) is 55.3 Å². The quantitative estimate of drug-likeness (QED) is 0.132. The molecule has 0 bridgehead atoms. The van der Waals surface area contributed by atoms with Crippen LogP contribution in [0.25, 0.3) is 0 Å². The molecule has 2 atom stereocenters. The van der Waals surface area contributed by atoms with Crippen LogP contribution in [0, 0.1) is 0 Å². The van der Waals surface area contributed by atoms with Crippen LogP contribution >= 0.6 is 11.3 Å². The standard InChI is InChI=1S/C35H38N4O8S2/c1-45-28-10-12-29(13-11-28)49(43,44)39(15-17-40)16-18-46-33-21-27(26-14-19-48-23-26)20-32(47-33)35(42)37-22-24-6-8-25(9-7-24)34(41)38-31-5-3-2-4-30(31)36/h2-14,19-20,23,27,33,40H,15-18,21-22,36H2,1H3,(H,37,42)(H,38,41). The number of amides is 2. The lowest BCUT2D eigenvalue weighted by Gasteiger charge is -2.30. The summed E-state index contributed by atoms with van der Waals surface area (Å²) in [6.07, 6.45) is 1.34. The van der Waals surface area contributed by atoms with E-state index in [9.17, 15) is 23.1 Å². The first kappa shape index (κ1) is 35.6. The molecule has 12 nitrogen and oxygen atoms in total. The number of nitrogen functional groups attached to an aromatic ring is 1. The molecule has 258 valence electrons. The third-order valence-electron chi connectivity index (χ3n) is 7.82. The van der Waals surface area contributed by atoms with Crippen LogP contribution in [0.3, 0.4) is 0 Å². The van der Waals surface area contributed by atoms with Gasteiger partial charge in [-0.1, -0.05) is 24.3 Å². The molecule has 0 spiro atoms. The highest BCUT2D eigenvalue weighted by Crippen LogP contribution is 2.33. The predicted molar refractivity (Wildman–Crippen MR) is 187 cm³/mol. The monoisotopic (exact) mass is 706 g/mol. The van der Waals surface area contributed by atoms with Gasteiger partial charge in [-0.3, -0.25) is 9.59 Å². The summed E-state index contributed by atoms with van der Waals surface area (Å²) >= 11 is 1.53. The second-order valence-electron chi connectivity index (χ2n) is 11.1. The van der Waals surface area contributed by atoms with Gasteiger partial charge in [0, 0.05) is 37.5 Å². The minimum atomic E-state index is -3.92. The maximum absolute atomic E-state index is 13.3. The number of aliphatic hydroxyl groups is 1. The summed E-state index contributed by atoms with van der Waals surface area (Å²) in [5, 5.41) is 19.2. The number of anilines is 2. The van der Waals surface area contributed by atoms with Crippen LogP contribution < -0.4 is 21.1 Å². The number of ether oxygens (including phenoxy) is 3. The number of benzene rings is 3. The number of allylic oxidation sites excluding steroid dienone is 1. The van der Waals surface area contributed by atoms with Crippen molar-refractivity contribution in [1.82, 2.24) is 9.62 Å². The molecule has 5 rings (SSSR count). The molecule has 4 aromatic rings. The summed E-state index contributed by atoms with van der Waals surface area (Å²) in [7, 11) is -2.43. The van der Waals surface area contributed by atoms with Crippen molar-refractivity contribution in [2.24, 2.45) is 0 Å². The molecule has 49 heavy (non-hydrogen) atoms. The van der Waals surface area contributed by atoms with Gasteiger partial charge >= 0.3 is 0 Å². The first-order valence-corrected chi connectivity index (χ1v) is 17.9. The molecule has 3 aromatic carbocycles. The molecule has 5 N–H and O–H groups in total. The Labute approximate surface area is 289 Å². The molecule has 0 fully saturated rings. The Balaban J connectivity index is 1.19. The molecule has 1 aromatic heterocycles. The van der Waals surface area contributed by atoms with Crippen molar-refractivity contribution in [2.45, 2.75) is 30.1 Å². The maximum Gasteiger partial charge on any atom is 0.286 e. The fourth-order valence-electron chi connectivity index (χ4n) is 5.13. The third-order valence-corrected chi connectivity index (χ3v) is 10.4. The Hall–Kier alpha value is -4.73. The van der Waals surface area contributed by atoms with E-state index in [0.29, 0.717) is 29.1 Å². The Bertz CT molecular complexity index is 1850. The normalized spacial score (nSPS) is 16.0. The molecule has 1 aliphatic rings. The Kier molecular flexibility index (Phi) is 12.0. The lowest BCUT2D eigenvalue weighted by atomic mass is 9.95. The summed E-state index contributed by atoms with van der Waals surface area (Å²) in [5.41, 5.74) is 9.11. The smallest absolute Gasteiger partial charge is 0.286 e. The van der Waals surface area contributed by atoms with Crippen molar-refractivity contribution in [3.05, 3.63) is 118 Å². The Morgan fingerprint density at radius 1 is 1.02 bits per heavy atom. The van der Waals surface area contributed by atoms with Gasteiger partial charge in [0.2, 0.25) is 16.3 Å². The van der Waals surface area contributed by atoms with Gasteiger partial charge in [-0.05, 0) is 82.6 Å². The summed E-state index contributed by atoms with van der Waals surface area (Å²) in [6, 6.07) is 21.8. The average Bonchev–Trinajstić information content (AvgIpc) is 3.67. The van der Waals surface area contributed by atoms with Gasteiger partial charge in [0.15, 0.2) is 5.76 Å². The van der Waals surface area contributed by atoms with Gasteiger partial charge in [-0.15, -0.1) is 0 Å². The Morgan fingerprint density at radius 3 is 2.45 bits per heavy atom. The van der Waals surface area contributed by atoms with Crippen LogP contribution in [0.15, 0.2) is 106 Å². The van der Waals surface area contributed by atoms with Gasteiger partial charge in [0.05, 0.1) is 36.6 Å². The van der Waals surface area contributed by atoms with E-state index in [0.717, 1.165) is 15.4 Å². The number of carbonyl (C=O) groups excluding carboxylic acids is 2. The van der Waals surface area contributed by atoms with Crippen LogP contribution in [0.1, 0.15) is 33.8 Å². The molecule has 1 aliphatic heterocycles. The van der Waals surface area contributed by atoms with E-state index in [2.05, 4.69) is 10.6 Å². The zero-order valence-corrected chi connectivity index (χ0v) is 28.4. The maximum atomic E-state index is 13.3. The fraction of sp³-hybridized carbons (Fsp3) is 0.257. The fourth-order valence-corrected chi connectivity index (χ4v) is 7.27. The van der Waals surface area contributed by atoms with Crippen molar-refractivity contribution in [1.29, 1.82) is 0 Å². The van der Waals surface area contributed by atoms with Crippen molar-refractivity contribution >= 4 is 44.5 Å². The highest BCUT2D eigenvalue weighted by molar-refractivity contribution is 7.89. The molecular formula is C35H38N4O8S2.